The van der Waals surface area contributed by atoms with E-state index in [1.165, 1.54) is 5.56 Å². The minimum Gasteiger partial charge on any atom is -0.332 e. The molecule has 1 aromatic heterocycles. The minimum absolute atomic E-state index is 0.483. The number of para-hydroxylation sites is 1. The highest BCUT2D eigenvalue weighted by Gasteiger charge is 2.10. The lowest BCUT2D eigenvalue weighted by Gasteiger charge is -2.12. The summed E-state index contributed by atoms with van der Waals surface area (Å²) in [7, 11) is 0. The molecule has 0 aliphatic rings. The van der Waals surface area contributed by atoms with Gasteiger partial charge in [0.25, 0.3) is 0 Å². The number of nitrogens with one attached hydrogen (secondary N) is 2. The number of rotatable bonds is 5. The molecular weight excluding hydrogens is 467 g/mol. The Hall–Kier alpha value is -1.60. The van der Waals surface area contributed by atoms with Crippen LogP contribution in [0.4, 0.5) is 11.5 Å². The van der Waals surface area contributed by atoms with Crippen LogP contribution >= 0.6 is 51.3 Å². The fraction of sp³-hybridized carbons (Fsp3) is 0.158. The first-order valence-corrected chi connectivity index (χ1v) is 10.2. The average Bonchev–Trinajstić information content (AvgIpc) is 2.97. The number of thiocarbonyl (C=S) groups is 1. The highest BCUT2D eigenvalue weighted by molar-refractivity contribution is 9.10. The number of benzene rings is 2. The van der Waals surface area contributed by atoms with Crippen molar-refractivity contribution < 1.29 is 0 Å². The Labute approximate surface area is 182 Å². The quantitative estimate of drug-likeness (QED) is 0.413. The van der Waals surface area contributed by atoms with E-state index < -0.39 is 0 Å². The number of nitrogens with zero attached hydrogens (tertiary/aromatic N) is 2. The minimum atomic E-state index is 0.483. The molecule has 0 unspecified atom stereocenters. The molecule has 2 N–H and O–H groups in total. The maximum absolute atomic E-state index is 6.08. The number of aromatic nitrogens is 2. The van der Waals surface area contributed by atoms with Gasteiger partial charge in [0.05, 0.1) is 21.1 Å². The van der Waals surface area contributed by atoms with Crippen molar-refractivity contribution in [3.8, 4) is 0 Å². The molecule has 0 bridgehead atoms. The van der Waals surface area contributed by atoms with Crippen LogP contribution in [0.2, 0.25) is 10.0 Å². The maximum Gasteiger partial charge on any atom is 0.176 e. The molecule has 0 saturated carbocycles. The molecule has 0 atom stereocenters. The van der Waals surface area contributed by atoms with Crippen LogP contribution in [0.15, 0.2) is 53.1 Å². The first kappa shape index (κ1) is 20.1. The van der Waals surface area contributed by atoms with Crippen LogP contribution in [0.3, 0.4) is 0 Å². The number of hydrogen-bond acceptors (Lipinski definition) is 2. The van der Waals surface area contributed by atoms with E-state index in [4.69, 9.17) is 35.4 Å². The van der Waals surface area contributed by atoms with E-state index >= 15 is 0 Å². The smallest absolute Gasteiger partial charge is 0.176 e. The third-order valence-corrected chi connectivity index (χ3v) is 5.45. The third-order valence-electron chi connectivity index (χ3n) is 3.92. The molecule has 2 aromatic carbocycles. The second-order valence-corrected chi connectivity index (χ2v) is 7.94. The number of anilines is 2. The topological polar surface area (TPSA) is 41.9 Å². The lowest BCUT2D eigenvalue weighted by atomic mass is 10.1. The van der Waals surface area contributed by atoms with Crippen molar-refractivity contribution in [1.82, 2.24) is 9.78 Å². The second-order valence-electron chi connectivity index (χ2n) is 5.86. The molecule has 1 heterocycles. The van der Waals surface area contributed by atoms with Crippen molar-refractivity contribution in [2.45, 2.75) is 19.9 Å². The summed E-state index contributed by atoms with van der Waals surface area (Å²) in [4.78, 5) is 0. The van der Waals surface area contributed by atoms with Crippen LogP contribution in [-0.4, -0.2) is 14.9 Å². The standard InChI is InChI=1S/C19H17BrCl2N4S/c1-2-13-5-3-4-6-17(13)23-19(27)24-18-14(20)11-26(25-18)10-12-7-8-15(21)16(22)9-12/h3-9,11H,2,10H2,1H3,(H2,23,24,25,27). The van der Waals surface area contributed by atoms with E-state index in [9.17, 15) is 0 Å². The van der Waals surface area contributed by atoms with Crippen molar-refractivity contribution in [3.63, 3.8) is 0 Å². The van der Waals surface area contributed by atoms with E-state index in [1.54, 1.807) is 10.7 Å². The van der Waals surface area contributed by atoms with E-state index in [1.807, 2.05) is 36.5 Å². The predicted molar refractivity (Wildman–Crippen MR) is 121 cm³/mol. The molecule has 140 valence electrons. The summed E-state index contributed by atoms with van der Waals surface area (Å²) < 4.78 is 2.62. The number of hydrogen-bond donors (Lipinski definition) is 2. The highest BCUT2D eigenvalue weighted by atomic mass is 79.9. The Morgan fingerprint density at radius 2 is 1.93 bits per heavy atom. The Morgan fingerprint density at radius 1 is 1.15 bits per heavy atom. The maximum atomic E-state index is 6.08. The van der Waals surface area contributed by atoms with Gasteiger partial charge in [-0.1, -0.05) is 54.4 Å². The summed E-state index contributed by atoms with van der Waals surface area (Å²) in [5, 5.41) is 12.4. The third kappa shape index (κ3) is 5.23. The van der Waals surface area contributed by atoms with Crippen LogP contribution in [-0.2, 0) is 13.0 Å². The summed E-state index contributed by atoms with van der Waals surface area (Å²) in [5.41, 5.74) is 3.19. The van der Waals surface area contributed by atoms with Crippen LogP contribution in [0, 0.1) is 0 Å². The van der Waals surface area contributed by atoms with Gasteiger partial charge < -0.3 is 10.6 Å². The largest absolute Gasteiger partial charge is 0.332 e. The van der Waals surface area contributed by atoms with Crippen LogP contribution in [0.1, 0.15) is 18.1 Å². The first-order chi connectivity index (χ1) is 13.0. The van der Waals surface area contributed by atoms with Crippen molar-refractivity contribution in [2.75, 3.05) is 10.6 Å². The molecule has 3 rings (SSSR count). The fourth-order valence-corrected chi connectivity index (χ4v) is 3.54. The molecule has 0 amide bonds. The Kier molecular flexibility index (Phi) is 6.76. The lowest BCUT2D eigenvalue weighted by Crippen LogP contribution is -2.20. The molecule has 4 nitrogen and oxygen atoms in total. The Balaban J connectivity index is 1.69. The van der Waals surface area contributed by atoms with Gasteiger partial charge in [-0.05, 0) is 63.9 Å². The van der Waals surface area contributed by atoms with E-state index in [0.29, 0.717) is 27.5 Å². The van der Waals surface area contributed by atoms with Crippen molar-refractivity contribution >= 4 is 68.0 Å². The van der Waals surface area contributed by atoms with Gasteiger partial charge >= 0.3 is 0 Å². The van der Waals surface area contributed by atoms with Gasteiger partial charge in [-0.15, -0.1) is 0 Å². The zero-order chi connectivity index (χ0) is 19.4. The van der Waals surface area contributed by atoms with Gasteiger partial charge in [-0.25, -0.2) is 0 Å². The van der Waals surface area contributed by atoms with E-state index in [0.717, 1.165) is 22.1 Å². The van der Waals surface area contributed by atoms with Gasteiger partial charge in [0.2, 0.25) is 0 Å². The average molecular weight is 484 g/mol. The Morgan fingerprint density at radius 3 is 2.67 bits per heavy atom. The molecule has 0 radical (unpaired) electrons. The number of aryl methyl sites for hydroxylation is 1. The van der Waals surface area contributed by atoms with E-state index in [2.05, 4.69) is 44.7 Å². The summed E-state index contributed by atoms with van der Waals surface area (Å²) >= 11 is 21.0. The number of halogens is 3. The van der Waals surface area contributed by atoms with Crippen molar-refractivity contribution in [3.05, 3.63) is 74.3 Å². The molecule has 27 heavy (non-hydrogen) atoms. The van der Waals surface area contributed by atoms with Crippen LogP contribution < -0.4 is 10.6 Å². The summed E-state index contributed by atoms with van der Waals surface area (Å²) in [6.07, 6.45) is 2.81. The first-order valence-electron chi connectivity index (χ1n) is 8.29. The summed E-state index contributed by atoms with van der Waals surface area (Å²) in [6.45, 7) is 2.67. The highest BCUT2D eigenvalue weighted by Crippen LogP contribution is 2.25. The van der Waals surface area contributed by atoms with Crippen molar-refractivity contribution in [2.24, 2.45) is 0 Å². The molecule has 0 fully saturated rings. The zero-order valence-electron chi connectivity index (χ0n) is 14.5. The van der Waals surface area contributed by atoms with Gasteiger partial charge in [0, 0.05) is 11.9 Å². The normalized spacial score (nSPS) is 10.7. The second kappa shape index (κ2) is 9.06. The summed E-state index contributed by atoms with van der Waals surface area (Å²) in [6, 6.07) is 13.6. The molecule has 0 saturated heterocycles. The molecule has 0 aliphatic carbocycles. The van der Waals surface area contributed by atoms with Gasteiger partial charge in [-0.2, -0.15) is 5.10 Å². The zero-order valence-corrected chi connectivity index (χ0v) is 18.4. The molecule has 0 aliphatic heterocycles. The predicted octanol–water partition coefficient (Wildman–Crippen LogP) is 6.37. The van der Waals surface area contributed by atoms with Crippen molar-refractivity contribution in [1.29, 1.82) is 0 Å². The molecule has 8 heteroatoms. The van der Waals surface area contributed by atoms with E-state index in [-0.39, 0.29) is 0 Å². The van der Waals surface area contributed by atoms with Crippen LogP contribution in [0.5, 0.6) is 0 Å². The summed E-state index contributed by atoms with van der Waals surface area (Å²) in [5.74, 6) is 0.640. The molecule has 3 aromatic rings. The van der Waals surface area contributed by atoms with Crippen LogP contribution in [0.25, 0.3) is 0 Å². The van der Waals surface area contributed by atoms with Gasteiger partial charge in [0.15, 0.2) is 10.9 Å². The van der Waals surface area contributed by atoms with Gasteiger partial charge in [-0.3, -0.25) is 4.68 Å². The lowest BCUT2D eigenvalue weighted by molar-refractivity contribution is 0.689. The molecular formula is C19H17BrCl2N4S. The molecule has 0 spiro atoms. The monoisotopic (exact) mass is 482 g/mol. The fourth-order valence-electron chi connectivity index (χ4n) is 2.60. The SMILES string of the molecule is CCc1ccccc1NC(=S)Nc1nn(Cc2ccc(Cl)c(Cl)c2)cc1Br. The van der Waals surface area contributed by atoms with Gasteiger partial charge in [0.1, 0.15) is 0 Å². The Bertz CT molecular complexity index is 974.